The summed E-state index contributed by atoms with van der Waals surface area (Å²) in [6.45, 7) is 0. The molecule has 0 aromatic heterocycles. The number of hydrogen-bond acceptors (Lipinski definition) is 5. The Morgan fingerprint density at radius 2 is 2.21 bits per heavy atom. The summed E-state index contributed by atoms with van der Waals surface area (Å²) >= 11 is 0. The molecule has 0 fully saturated rings. The smallest absolute Gasteiger partial charge is 0.279 e. The highest BCUT2D eigenvalue weighted by Gasteiger charge is 2.33. The zero-order valence-electron chi connectivity index (χ0n) is 6.80. The average molecular weight is 192 g/mol. The van der Waals surface area contributed by atoms with Crippen molar-refractivity contribution in [1.82, 2.24) is 5.32 Å². The molecule has 2 aliphatic heterocycles. The lowest BCUT2D eigenvalue weighted by Crippen LogP contribution is -2.51. The summed E-state index contributed by atoms with van der Waals surface area (Å²) in [7, 11) is 0. The summed E-state index contributed by atoms with van der Waals surface area (Å²) in [6.07, 6.45) is 1.33. The molecule has 1 unspecified atom stereocenters. The predicted octanol–water partition coefficient (Wildman–Crippen LogP) is -1.91. The summed E-state index contributed by atoms with van der Waals surface area (Å²) in [6, 6.07) is -0.974. The van der Waals surface area contributed by atoms with Crippen LogP contribution in [0.5, 0.6) is 0 Å². The van der Waals surface area contributed by atoms with E-state index < -0.39 is 17.9 Å². The molecular weight excluding hydrogens is 188 g/mol. The summed E-state index contributed by atoms with van der Waals surface area (Å²) in [4.78, 5) is 43.3. The minimum Gasteiger partial charge on any atom is -0.306 e. The zero-order chi connectivity index (χ0) is 10.1. The van der Waals surface area contributed by atoms with E-state index in [2.05, 4.69) is 20.3 Å². The zero-order valence-corrected chi connectivity index (χ0v) is 6.80. The first-order valence-corrected chi connectivity index (χ1v) is 3.71. The fraction of sp³-hybridized carbons (Fsp3) is 0.143. The van der Waals surface area contributed by atoms with Crippen molar-refractivity contribution in [1.29, 1.82) is 0 Å². The van der Waals surface area contributed by atoms with E-state index in [4.69, 9.17) is 0 Å². The largest absolute Gasteiger partial charge is 0.306 e. The van der Waals surface area contributed by atoms with Gasteiger partial charge in [0.15, 0.2) is 18.0 Å². The predicted molar refractivity (Wildman–Crippen MR) is 46.4 cm³/mol. The van der Waals surface area contributed by atoms with Crippen molar-refractivity contribution in [3.05, 3.63) is 0 Å². The fourth-order valence-electron chi connectivity index (χ4n) is 1.09. The van der Waals surface area contributed by atoms with Gasteiger partial charge in [0.1, 0.15) is 12.2 Å². The summed E-state index contributed by atoms with van der Waals surface area (Å²) < 4.78 is 0. The molecule has 0 spiro atoms. The molecule has 14 heavy (non-hydrogen) atoms. The Morgan fingerprint density at radius 3 is 2.93 bits per heavy atom. The Kier molecular flexibility index (Phi) is 1.77. The van der Waals surface area contributed by atoms with Gasteiger partial charge < -0.3 is 5.32 Å². The van der Waals surface area contributed by atoms with Crippen LogP contribution >= 0.6 is 0 Å². The maximum absolute atomic E-state index is 11.1. The first-order valence-electron chi connectivity index (χ1n) is 3.71. The third kappa shape index (κ3) is 1.15. The summed E-state index contributed by atoms with van der Waals surface area (Å²) in [5.41, 5.74) is -0.320. The van der Waals surface area contributed by atoms with Gasteiger partial charge in [-0.2, -0.15) is 4.99 Å². The van der Waals surface area contributed by atoms with E-state index >= 15 is 0 Å². The molecule has 2 rings (SSSR count). The van der Waals surface area contributed by atoms with Crippen LogP contribution in [0.15, 0.2) is 15.0 Å². The quantitative estimate of drug-likeness (QED) is 0.490. The molecule has 2 aliphatic rings. The molecule has 2 heterocycles. The summed E-state index contributed by atoms with van der Waals surface area (Å²) in [5, 5.41) is 2.29. The van der Waals surface area contributed by atoms with Crippen molar-refractivity contribution >= 4 is 36.0 Å². The molecule has 0 aliphatic carbocycles. The number of nitrogens with one attached hydrogen (secondary N) is 1. The van der Waals surface area contributed by atoms with Crippen LogP contribution in [0.4, 0.5) is 0 Å². The molecule has 0 radical (unpaired) electrons. The van der Waals surface area contributed by atoms with Gasteiger partial charge in [-0.15, -0.1) is 0 Å². The second-order valence-corrected chi connectivity index (χ2v) is 2.59. The van der Waals surface area contributed by atoms with Crippen molar-refractivity contribution in [2.24, 2.45) is 15.0 Å². The minimum atomic E-state index is -0.974. The van der Waals surface area contributed by atoms with Crippen LogP contribution in [0.1, 0.15) is 0 Å². The Labute approximate surface area is 77.6 Å². The molecule has 0 aromatic rings. The third-order valence-corrected chi connectivity index (χ3v) is 1.73. The van der Waals surface area contributed by atoms with E-state index in [1.807, 2.05) is 0 Å². The van der Waals surface area contributed by atoms with Gasteiger partial charge in [-0.1, -0.05) is 0 Å². The first kappa shape index (κ1) is 8.42. The van der Waals surface area contributed by atoms with Gasteiger partial charge in [-0.3, -0.25) is 19.4 Å². The van der Waals surface area contributed by atoms with Crippen molar-refractivity contribution in [3.8, 4) is 0 Å². The lowest BCUT2D eigenvalue weighted by molar-refractivity contribution is -0.117. The van der Waals surface area contributed by atoms with E-state index in [9.17, 15) is 14.4 Å². The molecule has 7 heteroatoms. The molecule has 70 valence electrons. The van der Waals surface area contributed by atoms with Crippen molar-refractivity contribution in [2.45, 2.75) is 6.04 Å². The summed E-state index contributed by atoms with van der Waals surface area (Å²) in [5.74, 6) is -1.09. The standard InChI is InChI=1S/C7H4N4O3/c12-1-3-6(13)11-5-4(10-3)7(14)9-2-8-5/h1-2,4H,(H,8,9,11,13,14). The van der Waals surface area contributed by atoms with Crippen molar-refractivity contribution < 1.29 is 14.4 Å². The number of amides is 2. The number of aldehydes is 1. The van der Waals surface area contributed by atoms with E-state index in [0.29, 0.717) is 0 Å². The van der Waals surface area contributed by atoms with Crippen LogP contribution in [0.25, 0.3) is 0 Å². The molecule has 0 bridgehead atoms. The van der Waals surface area contributed by atoms with Crippen LogP contribution in [-0.2, 0) is 14.4 Å². The second kappa shape index (κ2) is 2.95. The number of rotatable bonds is 1. The highest BCUT2D eigenvalue weighted by Crippen LogP contribution is 2.05. The Bertz CT molecular complexity index is 421. The molecular formula is C7H4N4O3. The SMILES string of the molecule is O=CC1=NC2C(=O)N=CN=C2NC1=O. The van der Waals surface area contributed by atoms with Gasteiger partial charge in [0.25, 0.3) is 11.8 Å². The molecule has 1 atom stereocenters. The highest BCUT2D eigenvalue weighted by molar-refractivity contribution is 6.62. The van der Waals surface area contributed by atoms with E-state index in [1.165, 1.54) is 0 Å². The van der Waals surface area contributed by atoms with Gasteiger partial charge >= 0.3 is 0 Å². The second-order valence-electron chi connectivity index (χ2n) is 2.59. The van der Waals surface area contributed by atoms with Crippen LogP contribution in [0.2, 0.25) is 0 Å². The molecule has 0 saturated heterocycles. The van der Waals surface area contributed by atoms with Gasteiger partial charge in [0.2, 0.25) is 0 Å². The van der Waals surface area contributed by atoms with E-state index in [1.54, 1.807) is 0 Å². The minimum absolute atomic E-state index is 0.112. The molecule has 0 aromatic carbocycles. The maximum atomic E-state index is 11.1. The number of carbonyl (C=O) groups is 3. The van der Waals surface area contributed by atoms with Crippen molar-refractivity contribution in [3.63, 3.8) is 0 Å². The topological polar surface area (TPSA) is 100 Å². The Hall–Kier alpha value is -2.18. The van der Waals surface area contributed by atoms with Gasteiger partial charge in [-0.25, -0.2) is 4.99 Å². The number of nitrogens with zero attached hydrogens (tertiary/aromatic N) is 3. The maximum Gasteiger partial charge on any atom is 0.279 e. The average Bonchev–Trinajstić information content (AvgIpc) is 2.17. The van der Waals surface area contributed by atoms with Gasteiger partial charge in [0.05, 0.1) is 0 Å². The van der Waals surface area contributed by atoms with Crippen LogP contribution in [0, 0.1) is 0 Å². The Balaban J connectivity index is 2.45. The normalized spacial score (nSPS) is 24.7. The van der Waals surface area contributed by atoms with Crippen LogP contribution in [0.3, 0.4) is 0 Å². The van der Waals surface area contributed by atoms with Crippen LogP contribution in [-0.4, -0.2) is 42.0 Å². The van der Waals surface area contributed by atoms with Crippen molar-refractivity contribution in [2.75, 3.05) is 0 Å². The fourth-order valence-corrected chi connectivity index (χ4v) is 1.09. The lowest BCUT2D eigenvalue weighted by Gasteiger charge is -2.19. The number of carbonyl (C=O) groups excluding carboxylic acids is 3. The highest BCUT2D eigenvalue weighted by atomic mass is 16.2. The monoisotopic (exact) mass is 192 g/mol. The number of aliphatic imine (C=N–C) groups is 3. The Morgan fingerprint density at radius 1 is 1.43 bits per heavy atom. The van der Waals surface area contributed by atoms with Gasteiger partial charge in [-0.05, 0) is 0 Å². The molecule has 1 N–H and O–H groups in total. The number of amidine groups is 1. The number of fused-ring (bicyclic) bond motifs is 1. The molecule has 7 nitrogen and oxygen atoms in total. The van der Waals surface area contributed by atoms with Gasteiger partial charge in [0, 0.05) is 0 Å². The number of hydrogen-bond donors (Lipinski definition) is 1. The lowest BCUT2D eigenvalue weighted by atomic mass is 10.2. The first-order chi connectivity index (χ1) is 6.72. The van der Waals surface area contributed by atoms with E-state index in [-0.39, 0.29) is 17.8 Å². The van der Waals surface area contributed by atoms with Crippen LogP contribution < -0.4 is 5.32 Å². The van der Waals surface area contributed by atoms with E-state index in [0.717, 1.165) is 6.34 Å². The third-order valence-electron chi connectivity index (χ3n) is 1.73. The molecule has 0 saturated carbocycles. The molecule has 2 amide bonds.